The van der Waals surface area contributed by atoms with Crippen LogP contribution in [-0.2, 0) is 14.6 Å². The molecule has 0 radical (unpaired) electrons. The van der Waals surface area contributed by atoms with Gasteiger partial charge in [-0.3, -0.25) is 9.59 Å². The fraction of sp³-hybridized carbons (Fsp3) is 0.500. The highest BCUT2D eigenvalue weighted by Crippen LogP contribution is 2.24. The summed E-state index contributed by atoms with van der Waals surface area (Å²) < 4.78 is 33.6. The molecule has 1 aliphatic rings. The smallest absolute Gasteiger partial charge is 0.258 e. The van der Waals surface area contributed by atoms with Gasteiger partial charge in [0.05, 0.1) is 23.7 Å². The maximum Gasteiger partial charge on any atom is 0.258 e. The minimum atomic E-state index is -3.05. The lowest BCUT2D eigenvalue weighted by Gasteiger charge is -2.13. The van der Waals surface area contributed by atoms with Crippen molar-refractivity contribution in [3.8, 4) is 11.5 Å². The highest BCUT2D eigenvalue weighted by Gasteiger charge is 2.28. The third-order valence-electron chi connectivity index (χ3n) is 3.54. The van der Waals surface area contributed by atoms with Crippen molar-refractivity contribution >= 4 is 22.0 Å². The summed E-state index contributed by atoms with van der Waals surface area (Å²) in [6, 6.07) is 4.41. The van der Waals surface area contributed by atoms with Crippen LogP contribution in [0.15, 0.2) is 18.2 Å². The average molecular weight is 355 g/mol. The van der Waals surface area contributed by atoms with Gasteiger partial charge in [0.2, 0.25) is 0 Å². The van der Waals surface area contributed by atoms with Crippen molar-refractivity contribution < 1.29 is 27.5 Å². The number of rotatable bonds is 8. The molecule has 0 aliphatic carbocycles. The quantitative estimate of drug-likeness (QED) is 0.698. The monoisotopic (exact) mass is 355 g/mol. The van der Waals surface area contributed by atoms with E-state index in [1.165, 1.54) is 0 Å². The van der Waals surface area contributed by atoms with Gasteiger partial charge in [-0.1, -0.05) is 6.92 Å². The summed E-state index contributed by atoms with van der Waals surface area (Å²) in [5.74, 6) is 0.435. The third kappa shape index (κ3) is 5.23. The zero-order valence-electron chi connectivity index (χ0n) is 13.5. The Morgan fingerprint density at radius 1 is 1.38 bits per heavy atom. The second-order valence-electron chi connectivity index (χ2n) is 5.62. The maximum atomic E-state index is 11.9. The van der Waals surface area contributed by atoms with E-state index in [4.69, 9.17) is 9.47 Å². The van der Waals surface area contributed by atoms with E-state index in [2.05, 4.69) is 5.32 Å². The number of sulfone groups is 1. The molecule has 1 aromatic carbocycles. The number of benzene rings is 1. The van der Waals surface area contributed by atoms with Crippen LogP contribution in [0.4, 0.5) is 0 Å². The summed E-state index contributed by atoms with van der Waals surface area (Å²) in [6.07, 6.45) is 1.90. The number of hydrogen-bond acceptors (Lipinski definition) is 6. The molecular weight excluding hydrogens is 334 g/mol. The molecule has 1 aliphatic heterocycles. The molecule has 132 valence electrons. The van der Waals surface area contributed by atoms with Crippen molar-refractivity contribution in [2.45, 2.75) is 25.8 Å². The largest absolute Gasteiger partial charge is 0.493 e. The Kier molecular flexibility index (Phi) is 6.19. The molecule has 1 atom stereocenters. The Balaban J connectivity index is 1.92. The van der Waals surface area contributed by atoms with Gasteiger partial charge in [0.25, 0.3) is 5.91 Å². The summed E-state index contributed by atoms with van der Waals surface area (Å²) in [4.78, 5) is 22.9. The molecule has 2 rings (SSSR count). The molecule has 0 aromatic heterocycles. The fourth-order valence-electron chi connectivity index (χ4n) is 2.37. The van der Waals surface area contributed by atoms with E-state index in [-0.39, 0.29) is 29.9 Å². The molecule has 1 fully saturated rings. The minimum Gasteiger partial charge on any atom is -0.493 e. The zero-order chi connectivity index (χ0) is 17.6. The van der Waals surface area contributed by atoms with Gasteiger partial charge >= 0.3 is 0 Å². The van der Waals surface area contributed by atoms with Gasteiger partial charge in [0.1, 0.15) is 11.5 Å². The number of carbonyl (C=O) groups excluding carboxylic acids is 2. The molecule has 0 saturated carbocycles. The lowest BCUT2D eigenvalue weighted by Crippen LogP contribution is -2.38. The standard InChI is InChI=1S/C16H21NO6S/c1-2-6-22-14-4-3-12(9-18)15(8-14)23-10-16(19)17-13-5-7-24(20,21)11-13/h3-4,8-9,13H,2,5-7,10-11H2,1H3,(H,17,19)/t13-/m1/s1. The van der Waals surface area contributed by atoms with Crippen LogP contribution in [0.3, 0.4) is 0 Å². The molecule has 1 heterocycles. The Labute approximate surface area is 141 Å². The summed E-state index contributed by atoms with van der Waals surface area (Å²) in [5.41, 5.74) is 0.315. The Hall–Kier alpha value is -2.09. The maximum absolute atomic E-state index is 11.9. The average Bonchev–Trinajstić information content (AvgIpc) is 2.89. The fourth-order valence-corrected chi connectivity index (χ4v) is 4.04. The van der Waals surface area contributed by atoms with Gasteiger partial charge in [-0.05, 0) is 25.0 Å². The topological polar surface area (TPSA) is 98.8 Å². The molecule has 8 heteroatoms. The second-order valence-corrected chi connectivity index (χ2v) is 7.85. The van der Waals surface area contributed by atoms with E-state index in [1.807, 2.05) is 6.92 Å². The predicted molar refractivity (Wildman–Crippen MR) is 88.3 cm³/mol. The highest BCUT2D eigenvalue weighted by molar-refractivity contribution is 7.91. The lowest BCUT2D eigenvalue weighted by molar-refractivity contribution is -0.123. The van der Waals surface area contributed by atoms with Crippen molar-refractivity contribution in [3.63, 3.8) is 0 Å². The van der Waals surface area contributed by atoms with Gasteiger partial charge in [0, 0.05) is 12.1 Å². The Morgan fingerprint density at radius 2 is 2.17 bits per heavy atom. The van der Waals surface area contributed by atoms with Crippen molar-refractivity contribution in [1.82, 2.24) is 5.32 Å². The predicted octanol–water partition coefficient (Wildman–Crippen LogP) is 0.970. The van der Waals surface area contributed by atoms with Crippen LogP contribution in [0.1, 0.15) is 30.1 Å². The number of aldehydes is 1. The van der Waals surface area contributed by atoms with Crippen LogP contribution >= 0.6 is 0 Å². The number of carbonyl (C=O) groups is 2. The number of nitrogens with one attached hydrogen (secondary N) is 1. The summed E-state index contributed by atoms with van der Waals surface area (Å²) in [6.45, 7) is 2.22. The van der Waals surface area contributed by atoms with Crippen molar-refractivity contribution in [2.24, 2.45) is 0 Å². The molecule has 1 N–H and O–H groups in total. The van der Waals surface area contributed by atoms with Crippen LogP contribution in [0.5, 0.6) is 11.5 Å². The van der Waals surface area contributed by atoms with Crippen LogP contribution in [0.2, 0.25) is 0 Å². The molecular formula is C16H21NO6S. The SMILES string of the molecule is CCCOc1ccc(C=O)c(OCC(=O)N[C@@H]2CCS(=O)(=O)C2)c1. The van der Waals surface area contributed by atoms with Gasteiger partial charge in [-0.15, -0.1) is 0 Å². The van der Waals surface area contributed by atoms with Crippen molar-refractivity contribution in [2.75, 3.05) is 24.7 Å². The van der Waals surface area contributed by atoms with Crippen LogP contribution in [-0.4, -0.2) is 51.4 Å². The summed E-state index contributed by atoms with van der Waals surface area (Å²) >= 11 is 0. The van der Waals surface area contributed by atoms with Gasteiger partial charge in [0.15, 0.2) is 22.7 Å². The zero-order valence-corrected chi connectivity index (χ0v) is 14.3. The normalized spacial score (nSPS) is 18.8. The molecule has 0 bridgehead atoms. The molecule has 1 saturated heterocycles. The first-order valence-corrected chi connectivity index (χ1v) is 9.60. The van der Waals surface area contributed by atoms with Gasteiger partial charge in [-0.25, -0.2) is 8.42 Å². The van der Waals surface area contributed by atoms with Crippen molar-refractivity contribution in [1.29, 1.82) is 0 Å². The van der Waals surface area contributed by atoms with Crippen LogP contribution in [0.25, 0.3) is 0 Å². The number of amides is 1. The third-order valence-corrected chi connectivity index (χ3v) is 5.31. The van der Waals surface area contributed by atoms with E-state index in [9.17, 15) is 18.0 Å². The highest BCUT2D eigenvalue weighted by atomic mass is 32.2. The van der Waals surface area contributed by atoms with Gasteiger partial charge < -0.3 is 14.8 Å². The molecule has 0 spiro atoms. The molecule has 1 amide bonds. The summed E-state index contributed by atoms with van der Waals surface area (Å²) in [7, 11) is -3.05. The van der Waals surface area contributed by atoms with Gasteiger partial charge in [-0.2, -0.15) is 0 Å². The Bertz CT molecular complexity index is 701. The van der Waals surface area contributed by atoms with E-state index < -0.39 is 15.7 Å². The molecule has 24 heavy (non-hydrogen) atoms. The van der Waals surface area contributed by atoms with E-state index in [0.717, 1.165) is 6.42 Å². The van der Waals surface area contributed by atoms with E-state index >= 15 is 0 Å². The first kappa shape index (κ1) is 18.3. The van der Waals surface area contributed by atoms with Crippen LogP contribution < -0.4 is 14.8 Å². The Morgan fingerprint density at radius 3 is 2.79 bits per heavy atom. The summed E-state index contributed by atoms with van der Waals surface area (Å²) in [5, 5.41) is 2.63. The van der Waals surface area contributed by atoms with Crippen LogP contribution in [0, 0.1) is 0 Å². The van der Waals surface area contributed by atoms with E-state index in [0.29, 0.717) is 30.6 Å². The number of hydrogen-bond donors (Lipinski definition) is 1. The second kappa shape index (κ2) is 8.14. The van der Waals surface area contributed by atoms with E-state index in [1.54, 1.807) is 18.2 Å². The lowest BCUT2D eigenvalue weighted by atomic mass is 10.2. The minimum absolute atomic E-state index is 0.0430. The van der Waals surface area contributed by atoms with Crippen molar-refractivity contribution in [3.05, 3.63) is 23.8 Å². The molecule has 0 unspecified atom stereocenters. The first-order chi connectivity index (χ1) is 11.4. The molecule has 7 nitrogen and oxygen atoms in total. The first-order valence-electron chi connectivity index (χ1n) is 7.78. The molecule has 1 aromatic rings. The number of ether oxygens (including phenoxy) is 2.